The van der Waals surface area contributed by atoms with Crippen molar-refractivity contribution in [2.75, 3.05) is 0 Å². The molecule has 0 saturated heterocycles. The number of rotatable bonds is 3. The fraction of sp³-hybridized carbons (Fsp3) is 0.286. The smallest absolute Gasteiger partial charge is 0.324 e. The number of nitrogens with two attached hydrogens (primary N) is 1. The van der Waals surface area contributed by atoms with Gasteiger partial charge in [0.1, 0.15) is 0 Å². The summed E-state index contributed by atoms with van der Waals surface area (Å²) in [6.45, 7) is 0. The maximum absolute atomic E-state index is 12.1. The van der Waals surface area contributed by atoms with Crippen LogP contribution in [-0.4, -0.2) is 6.18 Å². The fourth-order valence-corrected chi connectivity index (χ4v) is 1.92. The van der Waals surface area contributed by atoms with Gasteiger partial charge in [-0.1, -0.05) is 36.4 Å². The lowest BCUT2D eigenvalue weighted by Crippen LogP contribution is -2.15. The maximum Gasteiger partial charge on any atom is 0.389 e. The molecule has 19 heavy (non-hydrogen) atoms. The zero-order valence-electron chi connectivity index (χ0n) is 10.2. The minimum atomic E-state index is -4.14. The summed E-state index contributed by atoms with van der Waals surface area (Å²) in [6.07, 6.45) is -5.07. The third-order valence-corrected chi connectivity index (χ3v) is 2.94. The van der Waals surface area contributed by atoms with E-state index in [0.29, 0.717) is 0 Å². The molecule has 2 aromatic carbocycles. The van der Waals surface area contributed by atoms with Crippen LogP contribution in [0.15, 0.2) is 42.5 Å². The maximum atomic E-state index is 12.1. The van der Waals surface area contributed by atoms with Crippen molar-refractivity contribution in [2.45, 2.75) is 25.1 Å². The Labute approximate surface area is 116 Å². The van der Waals surface area contributed by atoms with Crippen LogP contribution < -0.4 is 5.73 Å². The molecule has 0 heterocycles. The van der Waals surface area contributed by atoms with E-state index in [1.54, 1.807) is 6.07 Å². The first-order valence-corrected chi connectivity index (χ1v) is 5.77. The number of hydrogen-bond donors (Lipinski definition) is 1. The summed E-state index contributed by atoms with van der Waals surface area (Å²) < 4.78 is 36.4. The van der Waals surface area contributed by atoms with E-state index >= 15 is 0 Å². The first-order valence-electron chi connectivity index (χ1n) is 5.77. The van der Waals surface area contributed by atoms with E-state index in [1.807, 2.05) is 36.4 Å². The lowest BCUT2D eigenvalue weighted by Gasteiger charge is -2.14. The lowest BCUT2D eigenvalue weighted by molar-refractivity contribution is -0.136. The molecule has 0 saturated carbocycles. The standard InChI is InChI=1S/C14H14F3N.ClH/c15-14(16,17)8-7-13(18)12-6-5-10-3-1-2-4-11(10)9-12;/h1-6,9,13H,7-8,18H2;1H/t13-;/m0./s1. The first-order chi connectivity index (χ1) is 8.46. The first kappa shape index (κ1) is 15.8. The molecule has 1 atom stereocenters. The van der Waals surface area contributed by atoms with Crippen LogP contribution in [0.5, 0.6) is 0 Å². The molecule has 2 N–H and O–H groups in total. The summed E-state index contributed by atoms with van der Waals surface area (Å²) in [5.74, 6) is 0. The second-order valence-corrected chi connectivity index (χ2v) is 4.37. The zero-order valence-corrected chi connectivity index (χ0v) is 11.0. The molecule has 0 spiro atoms. The molecule has 0 fully saturated rings. The summed E-state index contributed by atoms with van der Waals surface area (Å²) in [5, 5.41) is 2.06. The van der Waals surface area contributed by atoms with Gasteiger partial charge in [-0.05, 0) is 28.8 Å². The van der Waals surface area contributed by atoms with E-state index in [0.717, 1.165) is 16.3 Å². The van der Waals surface area contributed by atoms with Crippen LogP contribution in [-0.2, 0) is 0 Å². The van der Waals surface area contributed by atoms with E-state index in [2.05, 4.69) is 0 Å². The Balaban J connectivity index is 0.00000180. The van der Waals surface area contributed by atoms with Crippen LogP contribution in [0.4, 0.5) is 13.2 Å². The predicted molar refractivity (Wildman–Crippen MR) is 73.4 cm³/mol. The van der Waals surface area contributed by atoms with E-state index < -0.39 is 18.6 Å². The van der Waals surface area contributed by atoms with Gasteiger partial charge in [-0.25, -0.2) is 0 Å². The fourth-order valence-electron chi connectivity index (χ4n) is 1.92. The molecular weight excluding hydrogens is 275 g/mol. The number of fused-ring (bicyclic) bond motifs is 1. The molecule has 1 nitrogen and oxygen atoms in total. The molecule has 2 rings (SSSR count). The highest BCUT2D eigenvalue weighted by molar-refractivity contribution is 5.85. The van der Waals surface area contributed by atoms with Crippen LogP contribution >= 0.6 is 12.4 Å². The molecule has 0 aromatic heterocycles. The van der Waals surface area contributed by atoms with Crippen molar-refractivity contribution >= 4 is 23.2 Å². The molecule has 104 valence electrons. The van der Waals surface area contributed by atoms with E-state index in [-0.39, 0.29) is 18.8 Å². The largest absolute Gasteiger partial charge is 0.389 e. The van der Waals surface area contributed by atoms with E-state index in [4.69, 9.17) is 5.73 Å². The van der Waals surface area contributed by atoms with Gasteiger partial charge in [0.15, 0.2) is 0 Å². The van der Waals surface area contributed by atoms with Gasteiger partial charge < -0.3 is 5.73 Å². The van der Waals surface area contributed by atoms with Gasteiger partial charge in [-0.15, -0.1) is 12.4 Å². The summed E-state index contributed by atoms with van der Waals surface area (Å²) in [4.78, 5) is 0. The van der Waals surface area contributed by atoms with Gasteiger partial charge in [0.25, 0.3) is 0 Å². The SMILES string of the molecule is Cl.N[C@@H](CCC(F)(F)F)c1ccc2ccccc2c1. The van der Waals surface area contributed by atoms with Crippen LogP contribution in [0.3, 0.4) is 0 Å². The van der Waals surface area contributed by atoms with Crippen molar-refractivity contribution in [1.82, 2.24) is 0 Å². The summed E-state index contributed by atoms with van der Waals surface area (Å²) in [5.41, 5.74) is 6.54. The Morgan fingerprint density at radius 3 is 2.26 bits per heavy atom. The van der Waals surface area contributed by atoms with Crippen molar-refractivity contribution < 1.29 is 13.2 Å². The molecule has 5 heteroatoms. The Morgan fingerprint density at radius 1 is 1.00 bits per heavy atom. The van der Waals surface area contributed by atoms with Crippen LogP contribution in [0, 0.1) is 0 Å². The Hall–Kier alpha value is -1.26. The van der Waals surface area contributed by atoms with Crippen LogP contribution in [0.1, 0.15) is 24.4 Å². The lowest BCUT2D eigenvalue weighted by atomic mass is 9.99. The number of alkyl halides is 3. The van der Waals surface area contributed by atoms with Gasteiger partial charge in [0.05, 0.1) is 0 Å². The second kappa shape index (κ2) is 6.26. The third kappa shape index (κ3) is 4.40. The molecule has 0 aliphatic carbocycles. The average molecular weight is 290 g/mol. The molecule has 0 aliphatic rings. The summed E-state index contributed by atoms with van der Waals surface area (Å²) >= 11 is 0. The topological polar surface area (TPSA) is 26.0 Å². The highest BCUT2D eigenvalue weighted by atomic mass is 35.5. The molecule has 0 unspecified atom stereocenters. The van der Waals surface area contributed by atoms with Crippen LogP contribution in [0.25, 0.3) is 10.8 Å². The molecular formula is C14H15ClF3N. The van der Waals surface area contributed by atoms with Crippen molar-refractivity contribution in [1.29, 1.82) is 0 Å². The van der Waals surface area contributed by atoms with Gasteiger partial charge >= 0.3 is 6.18 Å². The normalized spacial score (nSPS) is 13.1. The molecule has 0 radical (unpaired) electrons. The molecule has 2 aromatic rings. The summed E-state index contributed by atoms with van der Waals surface area (Å²) in [6, 6.07) is 12.7. The van der Waals surface area contributed by atoms with Gasteiger partial charge in [0, 0.05) is 12.5 Å². The Bertz CT molecular complexity index is 539. The zero-order chi connectivity index (χ0) is 13.2. The number of hydrogen-bond acceptors (Lipinski definition) is 1. The predicted octanol–water partition coefficient (Wildman–Crippen LogP) is 4.60. The monoisotopic (exact) mass is 289 g/mol. The van der Waals surface area contributed by atoms with Crippen molar-refractivity contribution in [3.05, 3.63) is 48.0 Å². The minimum absolute atomic E-state index is 0. The minimum Gasteiger partial charge on any atom is -0.324 e. The quantitative estimate of drug-likeness (QED) is 0.878. The Kier molecular flexibility index (Phi) is 5.20. The highest BCUT2D eigenvalue weighted by Crippen LogP contribution is 2.27. The van der Waals surface area contributed by atoms with Crippen molar-refractivity contribution in [2.24, 2.45) is 5.73 Å². The average Bonchev–Trinajstić information content (AvgIpc) is 2.34. The van der Waals surface area contributed by atoms with E-state index in [1.165, 1.54) is 0 Å². The number of halogens is 4. The van der Waals surface area contributed by atoms with E-state index in [9.17, 15) is 13.2 Å². The molecule has 0 bridgehead atoms. The second-order valence-electron chi connectivity index (χ2n) is 4.37. The van der Waals surface area contributed by atoms with Crippen molar-refractivity contribution in [3.8, 4) is 0 Å². The molecule has 0 amide bonds. The third-order valence-electron chi connectivity index (χ3n) is 2.94. The van der Waals surface area contributed by atoms with Gasteiger partial charge in [-0.2, -0.15) is 13.2 Å². The number of benzene rings is 2. The Morgan fingerprint density at radius 2 is 1.63 bits per heavy atom. The van der Waals surface area contributed by atoms with Gasteiger partial charge in [0.2, 0.25) is 0 Å². The van der Waals surface area contributed by atoms with Gasteiger partial charge in [-0.3, -0.25) is 0 Å². The highest BCUT2D eigenvalue weighted by Gasteiger charge is 2.27. The van der Waals surface area contributed by atoms with Crippen LogP contribution in [0.2, 0.25) is 0 Å². The summed E-state index contributed by atoms with van der Waals surface area (Å²) in [7, 11) is 0. The van der Waals surface area contributed by atoms with Crippen molar-refractivity contribution in [3.63, 3.8) is 0 Å². The molecule has 0 aliphatic heterocycles.